The average Bonchev–Trinajstić information content (AvgIpc) is 3.01. The summed E-state index contributed by atoms with van der Waals surface area (Å²) >= 11 is 0. The van der Waals surface area contributed by atoms with Gasteiger partial charge in [0.1, 0.15) is 11.6 Å². The van der Waals surface area contributed by atoms with Crippen LogP contribution in [0, 0.1) is 12.7 Å². The van der Waals surface area contributed by atoms with E-state index in [9.17, 15) is 9.50 Å². The lowest BCUT2D eigenvalue weighted by Gasteiger charge is -2.25. The van der Waals surface area contributed by atoms with Crippen molar-refractivity contribution in [3.05, 3.63) is 59.0 Å². The molecule has 0 saturated heterocycles. The zero-order chi connectivity index (χ0) is 19.1. The van der Waals surface area contributed by atoms with Crippen molar-refractivity contribution in [2.24, 2.45) is 0 Å². The molecule has 1 fully saturated rings. The molecular formula is C24H28FNO. The summed E-state index contributed by atoms with van der Waals surface area (Å²) in [5, 5.41) is 11.8. The Hall–Kier alpha value is -2.29. The summed E-state index contributed by atoms with van der Waals surface area (Å²) in [5.41, 5.74) is 5.19. The molecule has 1 heterocycles. The molecule has 1 aromatic heterocycles. The predicted octanol–water partition coefficient (Wildman–Crippen LogP) is 6.95. The number of rotatable bonds is 3. The maximum absolute atomic E-state index is 13.9. The number of nitrogens with zero attached hydrogens (tertiary/aromatic N) is 1. The predicted molar refractivity (Wildman–Crippen MR) is 110 cm³/mol. The van der Waals surface area contributed by atoms with Crippen LogP contribution in [0.3, 0.4) is 0 Å². The van der Waals surface area contributed by atoms with Crippen LogP contribution in [0.4, 0.5) is 4.39 Å². The van der Waals surface area contributed by atoms with E-state index in [0.717, 1.165) is 16.6 Å². The van der Waals surface area contributed by atoms with Crippen LogP contribution in [0.5, 0.6) is 5.75 Å². The Morgan fingerprint density at radius 1 is 1.07 bits per heavy atom. The van der Waals surface area contributed by atoms with E-state index in [0.29, 0.717) is 23.1 Å². The zero-order valence-electron chi connectivity index (χ0n) is 16.4. The first kappa shape index (κ1) is 18.1. The first-order valence-electron chi connectivity index (χ1n) is 10.1. The summed E-state index contributed by atoms with van der Waals surface area (Å²) < 4.78 is 16.1. The van der Waals surface area contributed by atoms with E-state index >= 15 is 0 Å². The highest BCUT2D eigenvalue weighted by atomic mass is 19.1. The molecule has 1 aliphatic carbocycles. The van der Waals surface area contributed by atoms with Crippen molar-refractivity contribution in [3.8, 4) is 11.4 Å². The van der Waals surface area contributed by atoms with Gasteiger partial charge in [-0.2, -0.15) is 0 Å². The molecule has 1 aliphatic rings. The number of benzene rings is 2. The molecule has 0 bridgehead atoms. The topological polar surface area (TPSA) is 25.2 Å². The van der Waals surface area contributed by atoms with Crippen molar-refractivity contribution in [2.75, 3.05) is 0 Å². The first-order chi connectivity index (χ1) is 13.0. The van der Waals surface area contributed by atoms with Gasteiger partial charge in [-0.25, -0.2) is 4.39 Å². The number of phenols is 1. The van der Waals surface area contributed by atoms with Crippen molar-refractivity contribution in [1.82, 2.24) is 4.57 Å². The molecule has 0 radical (unpaired) electrons. The van der Waals surface area contributed by atoms with Crippen LogP contribution < -0.4 is 0 Å². The van der Waals surface area contributed by atoms with Gasteiger partial charge in [0.2, 0.25) is 0 Å². The number of hydrogen-bond acceptors (Lipinski definition) is 1. The normalized spacial score (nSPS) is 15.7. The third-order valence-electron chi connectivity index (χ3n) is 6.01. The summed E-state index contributed by atoms with van der Waals surface area (Å²) in [4.78, 5) is 0. The van der Waals surface area contributed by atoms with E-state index in [-0.39, 0.29) is 5.82 Å². The number of fused-ring (bicyclic) bond motifs is 1. The lowest BCUT2D eigenvalue weighted by atomic mass is 9.81. The Labute approximate surface area is 160 Å². The largest absolute Gasteiger partial charge is 0.507 e. The molecule has 0 unspecified atom stereocenters. The van der Waals surface area contributed by atoms with Gasteiger partial charge >= 0.3 is 0 Å². The van der Waals surface area contributed by atoms with E-state index < -0.39 is 0 Å². The number of halogens is 1. The molecule has 0 atom stereocenters. The summed E-state index contributed by atoms with van der Waals surface area (Å²) in [6.45, 7) is 6.23. The Morgan fingerprint density at radius 3 is 2.48 bits per heavy atom. The van der Waals surface area contributed by atoms with Crippen molar-refractivity contribution < 1.29 is 9.50 Å². The van der Waals surface area contributed by atoms with Crippen LogP contribution in [0.2, 0.25) is 0 Å². The van der Waals surface area contributed by atoms with Gasteiger partial charge in [0.15, 0.2) is 0 Å². The van der Waals surface area contributed by atoms with Crippen LogP contribution in [0.1, 0.15) is 74.6 Å². The van der Waals surface area contributed by atoms with Gasteiger partial charge in [-0.1, -0.05) is 39.2 Å². The minimum absolute atomic E-state index is 0.184. The smallest absolute Gasteiger partial charge is 0.126 e. The van der Waals surface area contributed by atoms with Gasteiger partial charge in [0.05, 0.1) is 5.52 Å². The molecule has 1 saturated carbocycles. The van der Waals surface area contributed by atoms with Crippen LogP contribution >= 0.6 is 0 Å². The van der Waals surface area contributed by atoms with E-state index in [1.54, 1.807) is 19.1 Å². The molecule has 2 nitrogen and oxygen atoms in total. The Morgan fingerprint density at radius 2 is 1.81 bits per heavy atom. The standard InChI is InChI=1S/C24H28FNO/c1-15(2)24-22(17-8-5-4-6-9-17)23-20(10-7-11-21(23)27)26(24)18-12-13-19(25)16(3)14-18/h7,10-15,17,27H,4-6,8-9H2,1-3H3. The van der Waals surface area contributed by atoms with E-state index in [4.69, 9.17) is 0 Å². The lowest BCUT2D eigenvalue weighted by molar-refractivity contribution is 0.439. The van der Waals surface area contributed by atoms with Crippen molar-refractivity contribution in [2.45, 2.75) is 64.7 Å². The molecule has 3 heteroatoms. The molecule has 4 rings (SSSR count). The maximum atomic E-state index is 13.9. The number of aromatic hydroxyl groups is 1. The molecule has 142 valence electrons. The van der Waals surface area contributed by atoms with Crippen LogP contribution in [0.25, 0.3) is 16.6 Å². The Kier molecular flexibility index (Phi) is 4.71. The SMILES string of the molecule is Cc1cc(-n2c(C(C)C)c(C3CCCCC3)c3c(O)cccc32)ccc1F. The molecular weight excluding hydrogens is 337 g/mol. The monoisotopic (exact) mass is 365 g/mol. The van der Waals surface area contributed by atoms with Crippen LogP contribution in [-0.2, 0) is 0 Å². The molecule has 0 amide bonds. The molecule has 3 aromatic rings. The zero-order valence-corrected chi connectivity index (χ0v) is 16.4. The highest BCUT2D eigenvalue weighted by molar-refractivity contribution is 5.93. The number of aryl methyl sites for hydroxylation is 1. The van der Waals surface area contributed by atoms with Crippen molar-refractivity contribution >= 4 is 10.9 Å². The van der Waals surface area contributed by atoms with Crippen molar-refractivity contribution in [1.29, 1.82) is 0 Å². The lowest BCUT2D eigenvalue weighted by Crippen LogP contribution is -2.10. The van der Waals surface area contributed by atoms with Gasteiger partial charge in [-0.05, 0) is 73.1 Å². The quantitative estimate of drug-likeness (QED) is 0.533. The second-order valence-corrected chi connectivity index (χ2v) is 8.23. The minimum Gasteiger partial charge on any atom is -0.507 e. The van der Waals surface area contributed by atoms with E-state index in [2.05, 4.69) is 24.5 Å². The summed E-state index contributed by atoms with van der Waals surface area (Å²) in [6, 6.07) is 11.1. The van der Waals surface area contributed by atoms with Gasteiger partial charge in [0, 0.05) is 16.8 Å². The highest BCUT2D eigenvalue weighted by Crippen LogP contribution is 2.46. The van der Waals surface area contributed by atoms with Gasteiger partial charge in [-0.3, -0.25) is 0 Å². The van der Waals surface area contributed by atoms with Crippen LogP contribution in [-0.4, -0.2) is 9.67 Å². The third kappa shape index (κ3) is 3.03. The third-order valence-corrected chi connectivity index (χ3v) is 6.01. The van der Waals surface area contributed by atoms with E-state index in [1.165, 1.54) is 43.4 Å². The van der Waals surface area contributed by atoms with Gasteiger partial charge in [-0.15, -0.1) is 0 Å². The molecule has 0 aliphatic heterocycles. The molecule has 0 spiro atoms. The highest BCUT2D eigenvalue weighted by Gasteiger charge is 2.28. The number of hydrogen-bond donors (Lipinski definition) is 1. The molecule has 27 heavy (non-hydrogen) atoms. The Balaban J connectivity index is 2.07. The second-order valence-electron chi connectivity index (χ2n) is 8.23. The maximum Gasteiger partial charge on any atom is 0.126 e. The molecule has 2 aromatic carbocycles. The number of aromatic nitrogens is 1. The van der Waals surface area contributed by atoms with E-state index in [1.807, 2.05) is 18.2 Å². The fourth-order valence-electron chi connectivity index (χ4n) is 4.79. The van der Waals surface area contributed by atoms with Gasteiger partial charge < -0.3 is 9.67 Å². The fourth-order valence-corrected chi connectivity index (χ4v) is 4.79. The molecule has 1 N–H and O–H groups in total. The van der Waals surface area contributed by atoms with Crippen molar-refractivity contribution in [3.63, 3.8) is 0 Å². The summed E-state index contributed by atoms with van der Waals surface area (Å²) in [5.74, 6) is 0.957. The summed E-state index contributed by atoms with van der Waals surface area (Å²) in [7, 11) is 0. The fraction of sp³-hybridized carbons (Fsp3) is 0.417. The summed E-state index contributed by atoms with van der Waals surface area (Å²) in [6.07, 6.45) is 6.15. The number of phenolic OH excluding ortho intramolecular Hbond substituents is 1. The minimum atomic E-state index is -0.184. The first-order valence-corrected chi connectivity index (χ1v) is 10.1. The Bertz CT molecular complexity index is 980. The second kappa shape index (κ2) is 7.03. The van der Waals surface area contributed by atoms with Gasteiger partial charge in [0.25, 0.3) is 0 Å². The van der Waals surface area contributed by atoms with Crippen LogP contribution in [0.15, 0.2) is 36.4 Å². The average molecular weight is 365 g/mol.